The monoisotopic (exact) mass is 226 g/mol. The minimum absolute atomic E-state index is 0.330. The summed E-state index contributed by atoms with van der Waals surface area (Å²) in [7, 11) is 1.38. The van der Waals surface area contributed by atoms with Gasteiger partial charge in [-0.1, -0.05) is 0 Å². The van der Waals surface area contributed by atoms with Crippen molar-refractivity contribution in [3.8, 4) is 0 Å². The first-order chi connectivity index (χ1) is 8.26. The molecule has 0 amide bonds. The molecule has 0 fully saturated rings. The minimum atomic E-state index is -0.896. The van der Waals surface area contributed by atoms with Gasteiger partial charge in [0.2, 0.25) is 0 Å². The van der Waals surface area contributed by atoms with Crippen LogP contribution in [0.25, 0.3) is 0 Å². The van der Waals surface area contributed by atoms with E-state index in [0.717, 1.165) is 16.7 Å². The van der Waals surface area contributed by atoms with Crippen LogP contribution < -0.4 is 0 Å². The maximum absolute atomic E-state index is 12.0. The highest BCUT2D eigenvalue weighted by Crippen LogP contribution is 2.40. The van der Waals surface area contributed by atoms with Crippen LogP contribution in [-0.4, -0.2) is 25.5 Å². The Morgan fingerprint density at radius 3 is 3.06 bits per heavy atom. The minimum Gasteiger partial charge on any atom is -0.468 e. The Morgan fingerprint density at radius 1 is 1.35 bits per heavy atom. The summed E-state index contributed by atoms with van der Waals surface area (Å²) in [6.07, 6.45) is 12.4. The van der Waals surface area contributed by atoms with Gasteiger partial charge in [0.15, 0.2) is 0 Å². The average molecular weight is 226 g/mol. The Bertz CT molecular complexity index is 576. The molecule has 1 unspecified atom stereocenters. The molecule has 2 aliphatic heterocycles. The molecule has 1 atom stereocenters. The van der Waals surface area contributed by atoms with E-state index >= 15 is 0 Å². The molecule has 0 saturated heterocycles. The van der Waals surface area contributed by atoms with E-state index in [2.05, 4.69) is 9.98 Å². The van der Waals surface area contributed by atoms with E-state index in [9.17, 15) is 4.79 Å². The van der Waals surface area contributed by atoms with Gasteiger partial charge in [-0.15, -0.1) is 0 Å². The van der Waals surface area contributed by atoms with Crippen molar-refractivity contribution in [1.29, 1.82) is 0 Å². The van der Waals surface area contributed by atoms with Crippen LogP contribution in [0, 0.1) is 5.41 Å². The maximum Gasteiger partial charge on any atom is 0.325 e. The third-order valence-electron chi connectivity index (χ3n) is 3.07. The zero-order valence-corrected chi connectivity index (χ0v) is 9.25. The predicted octanol–water partition coefficient (Wildman–Crippen LogP) is 1.58. The molecule has 4 heteroatoms. The molecule has 4 nitrogen and oxygen atoms in total. The van der Waals surface area contributed by atoms with Gasteiger partial charge in [-0.2, -0.15) is 0 Å². The number of ether oxygens (including phenoxy) is 1. The van der Waals surface area contributed by atoms with Crippen molar-refractivity contribution in [2.45, 2.75) is 0 Å². The summed E-state index contributed by atoms with van der Waals surface area (Å²) in [6, 6.07) is 0. The Hall–Kier alpha value is -2.23. The second-order valence-electron chi connectivity index (χ2n) is 4.02. The largest absolute Gasteiger partial charge is 0.468 e. The molecule has 0 N–H and O–H groups in total. The van der Waals surface area contributed by atoms with Crippen LogP contribution in [0.15, 0.2) is 57.3 Å². The van der Waals surface area contributed by atoms with Crippen LogP contribution in [0.4, 0.5) is 0 Å². The average Bonchev–Trinajstić information content (AvgIpc) is 2.81. The molecule has 84 valence electrons. The molecular weight excluding hydrogens is 216 g/mol. The lowest BCUT2D eigenvalue weighted by Gasteiger charge is -2.30. The Kier molecular flexibility index (Phi) is 1.98. The smallest absolute Gasteiger partial charge is 0.325 e. The van der Waals surface area contributed by atoms with E-state index in [0.29, 0.717) is 0 Å². The summed E-state index contributed by atoms with van der Waals surface area (Å²) < 4.78 is 4.88. The number of allylic oxidation sites excluding steroid dienone is 4. The number of hydrogen-bond acceptors (Lipinski definition) is 4. The lowest BCUT2D eigenvalue weighted by molar-refractivity contribution is -0.144. The molecule has 1 aliphatic carbocycles. The van der Waals surface area contributed by atoms with Crippen molar-refractivity contribution in [3.63, 3.8) is 0 Å². The van der Waals surface area contributed by atoms with Crippen molar-refractivity contribution in [1.82, 2.24) is 0 Å². The maximum atomic E-state index is 12.0. The number of nitrogens with zero attached hydrogens (tertiary/aromatic N) is 2. The summed E-state index contributed by atoms with van der Waals surface area (Å²) in [5.41, 5.74) is 1.91. The Morgan fingerprint density at radius 2 is 2.24 bits per heavy atom. The number of methoxy groups -OCH3 is 1. The topological polar surface area (TPSA) is 51.0 Å². The molecule has 0 saturated carbocycles. The molecule has 0 aromatic heterocycles. The molecule has 0 bridgehead atoms. The van der Waals surface area contributed by atoms with E-state index in [4.69, 9.17) is 4.74 Å². The summed E-state index contributed by atoms with van der Waals surface area (Å²) in [4.78, 5) is 20.2. The molecule has 2 heterocycles. The molecule has 3 aliphatic rings. The Balaban J connectivity index is 2.19. The van der Waals surface area contributed by atoms with Gasteiger partial charge < -0.3 is 4.74 Å². The number of rotatable bonds is 1. The van der Waals surface area contributed by atoms with E-state index in [1.54, 1.807) is 24.8 Å². The van der Waals surface area contributed by atoms with E-state index in [1.165, 1.54) is 7.11 Å². The van der Waals surface area contributed by atoms with Crippen LogP contribution in [0.3, 0.4) is 0 Å². The van der Waals surface area contributed by atoms with Gasteiger partial charge >= 0.3 is 5.97 Å². The van der Waals surface area contributed by atoms with Crippen molar-refractivity contribution >= 4 is 18.4 Å². The normalized spacial score (nSPS) is 27.9. The molecule has 0 spiro atoms. The fraction of sp³-hybridized carbons (Fsp3) is 0.154. The third kappa shape index (κ3) is 1.27. The van der Waals surface area contributed by atoms with Crippen molar-refractivity contribution in [2.24, 2.45) is 15.4 Å². The first kappa shape index (κ1) is 9.96. The van der Waals surface area contributed by atoms with Gasteiger partial charge in [0.25, 0.3) is 0 Å². The molecular formula is C13H10N2O2. The van der Waals surface area contributed by atoms with Crippen LogP contribution in [-0.2, 0) is 9.53 Å². The van der Waals surface area contributed by atoms with E-state index in [1.807, 2.05) is 18.2 Å². The first-order valence-corrected chi connectivity index (χ1v) is 5.24. The lowest BCUT2D eigenvalue weighted by atomic mass is 9.73. The highest BCUT2D eigenvalue weighted by molar-refractivity contribution is 6.06. The standard InChI is InChI=1S/C13H10N2O2/c1-17-12(16)13-5-10-7-15-6-9(10)4-11(13)2-3-14-8-13/h2-8H,1H3. The number of fused-ring (bicyclic) bond motifs is 2. The van der Waals surface area contributed by atoms with Crippen LogP contribution >= 0.6 is 0 Å². The number of hydrogen-bond donors (Lipinski definition) is 0. The zero-order chi connectivity index (χ0) is 11.9. The first-order valence-electron chi connectivity index (χ1n) is 5.24. The predicted molar refractivity (Wildman–Crippen MR) is 64.8 cm³/mol. The quantitative estimate of drug-likeness (QED) is 0.637. The van der Waals surface area contributed by atoms with E-state index < -0.39 is 5.41 Å². The summed E-state index contributed by atoms with van der Waals surface area (Å²) >= 11 is 0. The van der Waals surface area contributed by atoms with Crippen LogP contribution in [0.1, 0.15) is 0 Å². The van der Waals surface area contributed by atoms with Crippen LogP contribution in [0.2, 0.25) is 0 Å². The van der Waals surface area contributed by atoms with E-state index in [-0.39, 0.29) is 5.97 Å². The molecule has 0 aromatic rings. The van der Waals surface area contributed by atoms with Crippen LogP contribution in [0.5, 0.6) is 0 Å². The van der Waals surface area contributed by atoms with Gasteiger partial charge in [0.05, 0.1) is 7.11 Å². The van der Waals surface area contributed by atoms with Crippen molar-refractivity contribution in [2.75, 3.05) is 7.11 Å². The highest BCUT2D eigenvalue weighted by Gasteiger charge is 2.43. The van der Waals surface area contributed by atoms with Gasteiger partial charge in [-0.3, -0.25) is 14.8 Å². The zero-order valence-electron chi connectivity index (χ0n) is 9.25. The third-order valence-corrected chi connectivity index (χ3v) is 3.07. The second kappa shape index (κ2) is 3.38. The number of aliphatic imine (C=N–C) groups is 2. The van der Waals surface area contributed by atoms with Crippen molar-refractivity contribution in [3.05, 3.63) is 47.3 Å². The Labute approximate surface area is 98.4 Å². The van der Waals surface area contributed by atoms with Crippen molar-refractivity contribution < 1.29 is 9.53 Å². The van der Waals surface area contributed by atoms with Gasteiger partial charge in [0.1, 0.15) is 5.41 Å². The lowest BCUT2D eigenvalue weighted by Crippen LogP contribution is -2.36. The number of carbonyl (C=O) groups is 1. The molecule has 0 radical (unpaired) electrons. The van der Waals surface area contributed by atoms with Gasteiger partial charge in [-0.05, 0) is 29.4 Å². The molecule has 17 heavy (non-hydrogen) atoms. The fourth-order valence-electron chi connectivity index (χ4n) is 2.18. The molecule has 3 rings (SSSR count). The highest BCUT2D eigenvalue weighted by atomic mass is 16.5. The summed E-state index contributed by atoms with van der Waals surface area (Å²) in [5, 5.41) is 0. The fourth-order valence-corrected chi connectivity index (χ4v) is 2.18. The summed E-state index contributed by atoms with van der Waals surface area (Å²) in [5.74, 6) is -0.330. The number of carbonyl (C=O) groups excluding carboxylic acids is 1. The summed E-state index contributed by atoms with van der Waals surface area (Å²) in [6.45, 7) is 0. The second-order valence-corrected chi connectivity index (χ2v) is 4.02. The van der Waals surface area contributed by atoms with Gasteiger partial charge in [0, 0.05) is 30.4 Å². The number of esters is 1. The van der Waals surface area contributed by atoms with Gasteiger partial charge in [-0.25, -0.2) is 0 Å². The molecule has 0 aromatic carbocycles. The SMILES string of the molecule is COC(=O)C12C=NC=CC1=CC1=CN=CC1=C2.